The minimum absolute atomic E-state index is 0.0726. The first-order valence-corrected chi connectivity index (χ1v) is 9.16. The van der Waals surface area contributed by atoms with Crippen LogP contribution in [0.5, 0.6) is 0 Å². The highest BCUT2D eigenvalue weighted by atomic mass is 35.5. The fraction of sp³-hybridized carbons (Fsp3) is 0.250. The number of hydrogen-bond acceptors (Lipinski definition) is 5. The van der Waals surface area contributed by atoms with E-state index < -0.39 is 0 Å². The van der Waals surface area contributed by atoms with Crippen LogP contribution in [0.2, 0.25) is 5.02 Å². The first-order chi connectivity index (χ1) is 13.0. The Bertz CT molecular complexity index is 984. The number of amides is 1. The van der Waals surface area contributed by atoms with Crippen molar-refractivity contribution in [2.75, 3.05) is 16.8 Å². The second-order valence-electron chi connectivity index (χ2n) is 6.59. The summed E-state index contributed by atoms with van der Waals surface area (Å²) in [5.41, 5.74) is 3.96. The van der Waals surface area contributed by atoms with Gasteiger partial charge in [0.1, 0.15) is 6.04 Å². The highest BCUT2D eigenvalue weighted by Crippen LogP contribution is 2.31. The van der Waals surface area contributed by atoms with Gasteiger partial charge in [-0.1, -0.05) is 16.8 Å². The maximum absolute atomic E-state index is 11.7. The van der Waals surface area contributed by atoms with Crippen LogP contribution in [0.25, 0.3) is 11.4 Å². The van der Waals surface area contributed by atoms with Gasteiger partial charge < -0.3 is 14.7 Å². The van der Waals surface area contributed by atoms with Crippen molar-refractivity contribution in [2.45, 2.75) is 26.3 Å². The van der Waals surface area contributed by atoms with Gasteiger partial charge in [0, 0.05) is 35.4 Å². The summed E-state index contributed by atoms with van der Waals surface area (Å²) >= 11 is 5.92. The van der Waals surface area contributed by atoms with Gasteiger partial charge in [0.2, 0.25) is 17.6 Å². The molecule has 0 fully saturated rings. The van der Waals surface area contributed by atoms with E-state index in [4.69, 9.17) is 16.1 Å². The van der Waals surface area contributed by atoms with Gasteiger partial charge in [-0.25, -0.2) is 0 Å². The number of halogens is 1. The maximum Gasteiger partial charge on any atom is 0.249 e. The summed E-state index contributed by atoms with van der Waals surface area (Å²) in [5, 5.41) is 8.10. The Labute approximate surface area is 162 Å². The van der Waals surface area contributed by atoms with Crippen LogP contribution in [0, 0.1) is 0 Å². The van der Waals surface area contributed by atoms with Crippen molar-refractivity contribution in [1.29, 1.82) is 0 Å². The zero-order chi connectivity index (χ0) is 19.0. The number of fused-ring (bicyclic) bond motifs is 1. The van der Waals surface area contributed by atoms with Crippen LogP contribution in [0.15, 0.2) is 47.0 Å². The van der Waals surface area contributed by atoms with Gasteiger partial charge in [0.05, 0.1) is 0 Å². The summed E-state index contributed by atoms with van der Waals surface area (Å²) in [4.78, 5) is 18.0. The van der Waals surface area contributed by atoms with Crippen molar-refractivity contribution >= 4 is 28.9 Å². The van der Waals surface area contributed by atoms with Crippen molar-refractivity contribution in [1.82, 2.24) is 10.1 Å². The third-order valence-electron chi connectivity index (χ3n) is 4.65. The molecule has 2 aromatic carbocycles. The van der Waals surface area contributed by atoms with Crippen LogP contribution in [0.1, 0.15) is 31.3 Å². The van der Waals surface area contributed by atoms with Crippen LogP contribution in [0.4, 0.5) is 11.4 Å². The molecule has 0 bridgehead atoms. The summed E-state index contributed by atoms with van der Waals surface area (Å²) in [7, 11) is 0. The van der Waals surface area contributed by atoms with E-state index in [1.165, 1.54) is 0 Å². The lowest BCUT2D eigenvalue weighted by Gasteiger charge is -2.16. The largest absolute Gasteiger partial charge is 0.374 e. The maximum atomic E-state index is 11.7. The second-order valence-corrected chi connectivity index (χ2v) is 7.03. The molecule has 1 unspecified atom stereocenters. The molecule has 1 N–H and O–H groups in total. The van der Waals surface area contributed by atoms with Crippen molar-refractivity contribution in [3.63, 3.8) is 0 Å². The second kappa shape index (κ2) is 7.04. The van der Waals surface area contributed by atoms with Gasteiger partial charge in [-0.15, -0.1) is 0 Å². The number of benzene rings is 2. The average molecular weight is 383 g/mol. The van der Waals surface area contributed by atoms with E-state index in [2.05, 4.69) is 21.5 Å². The van der Waals surface area contributed by atoms with Gasteiger partial charge in [-0.2, -0.15) is 4.98 Å². The smallest absolute Gasteiger partial charge is 0.249 e. The van der Waals surface area contributed by atoms with Gasteiger partial charge in [0.25, 0.3) is 0 Å². The zero-order valence-corrected chi connectivity index (χ0v) is 15.8. The molecule has 4 rings (SSSR count). The zero-order valence-electron chi connectivity index (χ0n) is 15.1. The first kappa shape index (κ1) is 17.5. The molecular formula is C20H19ClN4O2. The van der Waals surface area contributed by atoms with E-state index in [0.717, 1.165) is 35.5 Å². The van der Waals surface area contributed by atoms with Crippen LogP contribution < -0.4 is 10.2 Å². The summed E-state index contributed by atoms with van der Waals surface area (Å²) in [6.07, 6.45) is 0.861. The molecule has 27 heavy (non-hydrogen) atoms. The van der Waals surface area contributed by atoms with E-state index >= 15 is 0 Å². The third kappa shape index (κ3) is 3.53. The Balaban J connectivity index is 1.49. The number of rotatable bonds is 4. The number of carbonyl (C=O) groups is 1. The van der Waals surface area contributed by atoms with Crippen LogP contribution >= 0.6 is 11.6 Å². The molecule has 1 aliphatic heterocycles. The highest BCUT2D eigenvalue weighted by molar-refractivity contribution is 6.30. The number of aromatic nitrogens is 2. The molecule has 0 aliphatic carbocycles. The van der Waals surface area contributed by atoms with Crippen LogP contribution in [-0.4, -0.2) is 22.6 Å². The summed E-state index contributed by atoms with van der Waals surface area (Å²) in [5.74, 6) is 1.11. The number of carbonyl (C=O) groups excluding carboxylic acids is 1. The lowest BCUT2D eigenvalue weighted by molar-refractivity contribution is -0.116. The predicted octanol–water partition coefficient (Wildman–Crippen LogP) is 4.47. The van der Waals surface area contributed by atoms with Gasteiger partial charge in [-0.3, -0.25) is 4.79 Å². The van der Waals surface area contributed by atoms with Crippen molar-refractivity contribution in [3.05, 3.63) is 58.9 Å². The Morgan fingerprint density at radius 3 is 2.78 bits per heavy atom. The molecule has 0 spiro atoms. The van der Waals surface area contributed by atoms with E-state index in [1.807, 2.05) is 31.2 Å². The van der Waals surface area contributed by atoms with E-state index in [0.29, 0.717) is 16.7 Å². The topological polar surface area (TPSA) is 71.3 Å². The number of hydrogen-bond donors (Lipinski definition) is 1. The Hall–Kier alpha value is -2.86. The molecule has 6 nitrogen and oxygen atoms in total. The SMILES string of the molecule is CC(=O)N1CCc2cc(NC(C)c3nc(-c4ccc(Cl)cc4)no3)ccc21. The number of anilines is 2. The van der Waals surface area contributed by atoms with Crippen molar-refractivity contribution in [2.24, 2.45) is 0 Å². The summed E-state index contributed by atoms with van der Waals surface area (Å²) in [6, 6.07) is 13.2. The third-order valence-corrected chi connectivity index (χ3v) is 4.90. The Kier molecular flexibility index (Phi) is 4.58. The minimum atomic E-state index is -0.151. The number of nitrogens with one attached hydrogen (secondary N) is 1. The average Bonchev–Trinajstić information content (AvgIpc) is 3.29. The van der Waals surface area contributed by atoms with Crippen molar-refractivity contribution in [3.8, 4) is 11.4 Å². The molecule has 2 heterocycles. The predicted molar refractivity (Wildman–Crippen MR) is 105 cm³/mol. The molecular weight excluding hydrogens is 364 g/mol. The molecule has 3 aromatic rings. The summed E-state index contributed by atoms with van der Waals surface area (Å²) in [6.45, 7) is 4.29. The molecule has 1 aliphatic rings. The van der Waals surface area contributed by atoms with Crippen LogP contribution in [-0.2, 0) is 11.2 Å². The molecule has 138 valence electrons. The Morgan fingerprint density at radius 1 is 1.26 bits per heavy atom. The standard InChI is InChI=1S/C20H19ClN4O2/c1-12(20-23-19(24-27-20)14-3-5-16(21)6-4-14)22-17-7-8-18-15(11-17)9-10-25(18)13(2)26/h3-8,11-12,22H,9-10H2,1-2H3. The van der Waals surface area contributed by atoms with Gasteiger partial charge in [0.15, 0.2) is 0 Å². The van der Waals surface area contributed by atoms with Gasteiger partial charge in [-0.05, 0) is 61.4 Å². The monoisotopic (exact) mass is 382 g/mol. The van der Waals surface area contributed by atoms with Crippen LogP contribution in [0.3, 0.4) is 0 Å². The lowest BCUT2D eigenvalue weighted by Crippen LogP contribution is -2.25. The minimum Gasteiger partial charge on any atom is -0.374 e. The normalized spacial score (nSPS) is 14.1. The molecule has 7 heteroatoms. The Morgan fingerprint density at radius 2 is 2.04 bits per heavy atom. The first-order valence-electron chi connectivity index (χ1n) is 8.78. The van der Waals surface area contributed by atoms with E-state index in [1.54, 1.807) is 24.0 Å². The molecule has 0 saturated heterocycles. The molecule has 1 atom stereocenters. The molecule has 1 aromatic heterocycles. The highest BCUT2D eigenvalue weighted by Gasteiger charge is 2.23. The summed E-state index contributed by atoms with van der Waals surface area (Å²) < 4.78 is 5.41. The quantitative estimate of drug-likeness (QED) is 0.720. The molecule has 0 radical (unpaired) electrons. The van der Waals surface area contributed by atoms with E-state index in [9.17, 15) is 4.79 Å². The fourth-order valence-electron chi connectivity index (χ4n) is 3.26. The fourth-order valence-corrected chi connectivity index (χ4v) is 3.38. The van der Waals surface area contributed by atoms with Crippen molar-refractivity contribution < 1.29 is 9.32 Å². The molecule has 1 amide bonds. The molecule has 0 saturated carbocycles. The van der Waals surface area contributed by atoms with Gasteiger partial charge >= 0.3 is 0 Å². The number of nitrogens with zero attached hydrogens (tertiary/aromatic N) is 3. The van der Waals surface area contributed by atoms with E-state index in [-0.39, 0.29) is 11.9 Å². The lowest BCUT2D eigenvalue weighted by atomic mass is 10.1.